The normalized spacial score (nSPS) is 10.9. The Morgan fingerprint density at radius 1 is 1.32 bits per heavy atom. The SMILES string of the molecule is CC(C)N(CC(=O)O)C(=O)/C=C/c1ccc(Br)cc1. The third-order valence-electron chi connectivity index (χ3n) is 2.50. The fourth-order valence-electron chi connectivity index (χ4n) is 1.50. The number of carbonyl (C=O) groups is 2. The van der Waals surface area contributed by atoms with Crippen LogP contribution in [0.1, 0.15) is 19.4 Å². The van der Waals surface area contributed by atoms with E-state index in [2.05, 4.69) is 15.9 Å². The molecule has 1 rings (SSSR count). The first kappa shape index (κ1) is 15.4. The fourth-order valence-corrected chi connectivity index (χ4v) is 1.76. The fraction of sp³-hybridized carbons (Fsp3) is 0.286. The molecule has 0 unspecified atom stereocenters. The van der Waals surface area contributed by atoms with Crippen molar-refractivity contribution in [3.63, 3.8) is 0 Å². The first-order valence-corrected chi connectivity index (χ1v) is 6.65. The van der Waals surface area contributed by atoms with Gasteiger partial charge in [0.1, 0.15) is 6.54 Å². The molecule has 1 amide bonds. The summed E-state index contributed by atoms with van der Waals surface area (Å²) in [5.74, 6) is -1.32. The van der Waals surface area contributed by atoms with E-state index in [0.29, 0.717) is 0 Å². The zero-order chi connectivity index (χ0) is 14.4. The van der Waals surface area contributed by atoms with Gasteiger partial charge in [-0.1, -0.05) is 28.1 Å². The van der Waals surface area contributed by atoms with Gasteiger partial charge in [-0.05, 0) is 37.6 Å². The molecule has 0 saturated carbocycles. The van der Waals surface area contributed by atoms with Crippen molar-refractivity contribution >= 4 is 33.9 Å². The lowest BCUT2D eigenvalue weighted by atomic mass is 10.2. The standard InChI is InChI=1S/C14H16BrNO3/c1-10(2)16(9-14(18)19)13(17)8-5-11-3-6-12(15)7-4-11/h3-8,10H,9H2,1-2H3,(H,18,19)/b8-5+. The number of benzene rings is 1. The molecule has 4 nitrogen and oxygen atoms in total. The third-order valence-corrected chi connectivity index (χ3v) is 3.03. The number of hydrogen-bond acceptors (Lipinski definition) is 2. The Labute approximate surface area is 120 Å². The molecule has 0 bridgehead atoms. The van der Waals surface area contributed by atoms with E-state index in [4.69, 9.17) is 5.11 Å². The minimum absolute atomic E-state index is 0.154. The highest BCUT2D eigenvalue weighted by atomic mass is 79.9. The number of aliphatic carboxylic acids is 1. The van der Waals surface area contributed by atoms with Crippen LogP contribution >= 0.6 is 15.9 Å². The van der Waals surface area contributed by atoms with Gasteiger partial charge in [-0.3, -0.25) is 9.59 Å². The number of amides is 1. The molecular weight excluding hydrogens is 310 g/mol. The van der Waals surface area contributed by atoms with Crippen LogP contribution in [0.25, 0.3) is 6.08 Å². The molecule has 0 saturated heterocycles. The molecular formula is C14H16BrNO3. The molecule has 102 valence electrons. The Hall–Kier alpha value is -1.62. The van der Waals surface area contributed by atoms with E-state index < -0.39 is 5.97 Å². The van der Waals surface area contributed by atoms with Gasteiger partial charge in [0.05, 0.1) is 0 Å². The molecule has 0 aliphatic carbocycles. The van der Waals surface area contributed by atoms with Crippen molar-refractivity contribution in [1.82, 2.24) is 4.90 Å². The number of nitrogens with zero attached hydrogens (tertiary/aromatic N) is 1. The highest BCUT2D eigenvalue weighted by Gasteiger charge is 2.17. The van der Waals surface area contributed by atoms with E-state index in [9.17, 15) is 9.59 Å². The summed E-state index contributed by atoms with van der Waals surface area (Å²) in [5, 5.41) is 8.77. The largest absolute Gasteiger partial charge is 0.480 e. The number of hydrogen-bond donors (Lipinski definition) is 1. The molecule has 0 fully saturated rings. The van der Waals surface area contributed by atoms with Crippen LogP contribution < -0.4 is 0 Å². The summed E-state index contributed by atoms with van der Waals surface area (Å²) in [6.45, 7) is 3.28. The van der Waals surface area contributed by atoms with Gasteiger partial charge in [0.2, 0.25) is 5.91 Å². The van der Waals surface area contributed by atoms with Gasteiger partial charge in [-0.15, -0.1) is 0 Å². The zero-order valence-corrected chi connectivity index (χ0v) is 12.4. The average Bonchev–Trinajstić information content (AvgIpc) is 2.34. The van der Waals surface area contributed by atoms with Gasteiger partial charge in [0.25, 0.3) is 0 Å². The summed E-state index contributed by atoms with van der Waals surface area (Å²) < 4.78 is 0.964. The van der Waals surface area contributed by atoms with Crippen LogP contribution in [0, 0.1) is 0 Å². The molecule has 0 aliphatic rings. The molecule has 0 heterocycles. The molecule has 5 heteroatoms. The van der Waals surface area contributed by atoms with Crippen molar-refractivity contribution in [3.05, 3.63) is 40.4 Å². The van der Waals surface area contributed by atoms with Gasteiger partial charge in [0.15, 0.2) is 0 Å². The Balaban J connectivity index is 2.75. The Kier molecular flexibility index (Phi) is 5.76. The molecule has 0 spiro atoms. The minimum Gasteiger partial charge on any atom is -0.480 e. The van der Waals surface area contributed by atoms with E-state index in [-0.39, 0.29) is 18.5 Å². The monoisotopic (exact) mass is 325 g/mol. The topological polar surface area (TPSA) is 57.6 Å². The second kappa shape index (κ2) is 7.09. The van der Waals surface area contributed by atoms with Crippen LogP contribution in [0.2, 0.25) is 0 Å². The maximum absolute atomic E-state index is 11.9. The highest BCUT2D eigenvalue weighted by molar-refractivity contribution is 9.10. The lowest BCUT2D eigenvalue weighted by molar-refractivity contribution is -0.143. The predicted molar refractivity (Wildman–Crippen MR) is 77.7 cm³/mol. The van der Waals surface area contributed by atoms with E-state index in [1.54, 1.807) is 19.9 Å². The predicted octanol–water partition coefficient (Wildman–Crippen LogP) is 2.78. The molecule has 1 aromatic carbocycles. The van der Waals surface area contributed by atoms with Crippen LogP contribution in [0.5, 0.6) is 0 Å². The summed E-state index contributed by atoms with van der Waals surface area (Å²) in [5.41, 5.74) is 0.885. The van der Waals surface area contributed by atoms with Crippen molar-refractivity contribution in [2.75, 3.05) is 6.54 Å². The third kappa shape index (κ3) is 5.26. The molecule has 1 aromatic rings. The second-order valence-electron chi connectivity index (χ2n) is 4.34. The number of carbonyl (C=O) groups excluding carboxylic acids is 1. The summed E-state index contributed by atoms with van der Waals surface area (Å²) in [6.07, 6.45) is 3.07. The van der Waals surface area contributed by atoms with Crippen molar-refractivity contribution in [3.8, 4) is 0 Å². The van der Waals surface area contributed by atoms with Gasteiger partial charge in [-0.2, -0.15) is 0 Å². The smallest absolute Gasteiger partial charge is 0.323 e. The first-order valence-electron chi connectivity index (χ1n) is 5.86. The first-order chi connectivity index (χ1) is 8.90. The Morgan fingerprint density at radius 3 is 2.37 bits per heavy atom. The summed E-state index contributed by atoms with van der Waals surface area (Å²) in [4.78, 5) is 23.9. The lowest BCUT2D eigenvalue weighted by Gasteiger charge is -2.23. The zero-order valence-electron chi connectivity index (χ0n) is 10.8. The van der Waals surface area contributed by atoms with Crippen LogP contribution in [0.15, 0.2) is 34.8 Å². The van der Waals surface area contributed by atoms with E-state index in [1.165, 1.54) is 11.0 Å². The molecule has 19 heavy (non-hydrogen) atoms. The number of carboxylic acid groups (broad SMARTS) is 1. The van der Waals surface area contributed by atoms with E-state index in [1.807, 2.05) is 24.3 Å². The van der Waals surface area contributed by atoms with E-state index in [0.717, 1.165) is 10.0 Å². The average molecular weight is 326 g/mol. The number of halogens is 1. The molecule has 0 aliphatic heterocycles. The van der Waals surface area contributed by atoms with Crippen LogP contribution in [0.3, 0.4) is 0 Å². The van der Waals surface area contributed by atoms with Crippen molar-refractivity contribution < 1.29 is 14.7 Å². The van der Waals surface area contributed by atoms with Gasteiger partial charge in [-0.25, -0.2) is 0 Å². The number of carboxylic acids is 1. The minimum atomic E-state index is -1.01. The molecule has 1 N–H and O–H groups in total. The number of rotatable bonds is 5. The summed E-state index contributed by atoms with van der Waals surface area (Å²) >= 11 is 3.33. The van der Waals surface area contributed by atoms with Crippen LogP contribution in [0.4, 0.5) is 0 Å². The Bertz CT molecular complexity index is 480. The second-order valence-corrected chi connectivity index (χ2v) is 5.25. The maximum atomic E-state index is 11.9. The summed E-state index contributed by atoms with van der Waals surface area (Å²) in [6, 6.07) is 7.33. The van der Waals surface area contributed by atoms with Gasteiger partial charge >= 0.3 is 5.97 Å². The van der Waals surface area contributed by atoms with Gasteiger partial charge in [0, 0.05) is 16.6 Å². The van der Waals surface area contributed by atoms with Crippen LogP contribution in [-0.4, -0.2) is 34.5 Å². The molecule has 0 aromatic heterocycles. The molecule has 0 atom stereocenters. The maximum Gasteiger partial charge on any atom is 0.323 e. The Morgan fingerprint density at radius 2 is 1.89 bits per heavy atom. The molecule has 0 radical (unpaired) electrons. The highest BCUT2D eigenvalue weighted by Crippen LogP contribution is 2.12. The van der Waals surface area contributed by atoms with Crippen molar-refractivity contribution in [1.29, 1.82) is 0 Å². The van der Waals surface area contributed by atoms with Crippen molar-refractivity contribution in [2.45, 2.75) is 19.9 Å². The van der Waals surface area contributed by atoms with Gasteiger partial charge < -0.3 is 10.0 Å². The van der Waals surface area contributed by atoms with Crippen molar-refractivity contribution in [2.24, 2.45) is 0 Å². The van der Waals surface area contributed by atoms with E-state index >= 15 is 0 Å². The van der Waals surface area contributed by atoms with Crippen LogP contribution in [-0.2, 0) is 9.59 Å². The lowest BCUT2D eigenvalue weighted by Crippen LogP contribution is -2.39. The quantitative estimate of drug-likeness (QED) is 0.847. The summed E-state index contributed by atoms with van der Waals surface area (Å²) in [7, 11) is 0.